The number of aromatic nitrogens is 1. The van der Waals surface area contributed by atoms with Crippen LogP contribution in [-0.4, -0.2) is 10.8 Å². The van der Waals surface area contributed by atoms with E-state index in [1.165, 1.54) is 60.3 Å². The molecule has 0 radical (unpaired) electrons. The van der Waals surface area contributed by atoms with Gasteiger partial charge in [-0.25, -0.2) is 0 Å². The van der Waals surface area contributed by atoms with E-state index in [0.29, 0.717) is 0 Å². The van der Waals surface area contributed by atoms with Crippen LogP contribution in [0.25, 0.3) is 5.69 Å². The Morgan fingerprint density at radius 3 is 2.30 bits per heavy atom. The van der Waals surface area contributed by atoms with Gasteiger partial charge in [0, 0.05) is 28.9 Å². The highest BCUT2D eigenvalue weighted by Gasteiger charge is 2.15. The molecule has 1 aromatic heterocycles. The first kappa shape index (κ1) is 17.8. The molecule has 0 amide bonds. The molecular weight excluding hydrogens is 328 g/mol. The zero-order chi connectivity index (χ0) is 18.6. The molecule has 1 fully saturated rings. The van der Waals surface area contributed by atoms with Crippen LogP contribution < -0.4 is 0 Å². The molecule has 2 nitrogen and oxygen atoms in total. The number of para-hydroxylation sites is 1. The molecule has 4 rings (SSSR count). The van der Waals surface area contributed by atoms with Crippen LogP contribution >= 0.6 is 0 Å². The maximum atomic E-state index is 4.73. The molecule has 1 aliphatic rings. The molecule has 0 spiro atoms. The summed E-state index contributed by atoms with van der Waals surface area (Å²) in [6.45, 7) is 4.31. The Labute approximate surface area is 162 Å². The van der Waals surface area contributed by atoms with Crippen molar-refractivity contribution in [2.45, 2.75) is 51.9 Å². The zero-order valence-corrected chi connectivity index (χ0v) is 16.4. The normalized spacial score (nSPS) is 15.5. The van der Waals surface area contributed by atoms with E-state index in [1.807, 2.05) is 6.21 Å². The summed E-state index contributed by atoms with van der Waals surface area (Å²) in [5, 5.41) is 0. The van der Waals surface area contributed by atoms with Gasteiger partial charge in [-0.15, -0.1) is 0 Å². The SMILES string of the molecule is Cc1cc(C=Nc2ccc(C3CCCCC3)cc2)c(C)n1-c1ccccc1. The van der Waals surface area contributed by atoms with Crippen molar-refractivity contribution >= 4 is 11.9 Å². The average molecular weight is 357 g/mol. The predicted octanol–water partition coefficient (Wildman–Crippen LogP) is 6.89. The lowest BCUT2D eigenvalue weighted by Crippen LogP contribution is -2.03. The van der Waals surface area contributed by atoms with E-state index in [2.05, 4.69) is 79.1 Å². The number of hydrogen-bond donors (Lipinski definition) is 0. The van der Waals surface area contributed by atoms with Gasteiger partial charge in [-0.2, -0.15) is 0 Å². The van der Waals surface area contributed by atoms with Gasteiger partial charge >= 0.3 is 0 Å². The maximum absolute atomic E-state index is 4.73. The van der Waals surface area contributed by atoms with Crippen LogP contribution in [0.1, 0.15) is 60.5 Å². The van der Waals surface area contributed by atoms with Gasteiger partial charge in [-0.3, -0.25) is 4.99 Å². The number of rotatable bonds is 4. The molecule has 138 valence electrons. The van der Waals surface area contributed by atoms with Crippen LogP contribution in [0.2, 0.25) is 0 Å². The minimum absolute atomic E-state index is 0.751. The van der Waals surface area contributed by atoms with E-state index in [9.17, 15) is 0 Å². The van der Waals surface area contributed by atoms with Gasteiger partial charge in [0.2, 0.25) is 0 Å². The van der Waals surface area contributed by atoms with E-state index in [-0.39, 0.29) is 0 Å². The Hall–Kier alpha value is -2.61. The summed E-state index contributed by atoms with van der Waals surface area (Å²) in [4.78, 5) is 4.73. The molecule has 2 heteroatoms. The van der Waals surface area contributed by atoms with Gasteiger partial charge in [0.15, 0.2) is 0 Å². The fourth-order valence-electron chi connectivity index (χ4n) is 4.31. The number of aliphatic imine (C=N–C) groups is 1. The Kier molecular flexibility index (Phi) is 5.24. The van der Waals surface area contributed by atoms with E-state index >= 15 is 0 Å². The van der Waals surface area contributed by atoms with Crippen molar-refractivity contribution < 1.29 is 0 Å². The first-order valence-electron chi connectivity index (χ1n) is 10.1. The molecule has 0 unspecified atom stereocenters. The second kappa shape index (κ2) is 7.96. The molecule has 1 aliphatic carbocycles. The zero-order valence-electron chi connectivity index (χ0n) is 16.4. The molecule has 1 heterocycles. The summed E-state index contributed by atoms with van der Waals surface area (Å²) in [6.07, 6.45) is 8.84. The van der Waals surface area contributed by atoms with Crippen LogP contribution in [0.5, 0.6) is 0 Å². The molecule has 27 heavy (non-hydrogen) atoms. The molecule has 0 N–H and O–H groups in total. The third-order valence-electron chi connectivity index (χ3n) is 5.81. The highest BCUT2D eigenvalue weighted by Crippen LogP contribution is 2.33. The second-order valence-corrected chi connectivity index (χ2v) is 7.68. The van der Waals surface area contributed by atoms with E-state index in [4.69, 9.17) is 4.99 Å². The lowest BCUT2D eigenvalue weighted by molar-refractivity contribution is 0.443. The Morgan fingerprint density at radius 2 is 1.59 bits per heavy atom. The molecular formula is C25H28N2. The fraction of sp³-hybridized carbons (Fsp3) is 0.320. The molecule has 3 aromatic rings. The summed E-state index contributed by atoms with van der Waals surface area (Å²) in [5.74, 6) is 0.751. The monoisotopic (exact) mass is 356 g/mol. The van der Waals surface area contributed by atoms with E-state index < -0.39 is 0 Å². The Balaban J connectivity index is 1.53. The number of nitrogens with zero attached hydrogens (tertiary/aromatic N) is 2. The molecule has 0 aliphatic heterocycles. The van der Waals surface area contributed by atoms with Crippen molar-refractivity contribution in [3.8, 4) is 5.69 Å². The van der Waals surface area contributed by atoms with Crippen molar-refractivity contribution in [3.63, 3.8) is 0 Å². The number of benzene rings is 2. The standard InChI is InChI=1S/C25H28N2/c1-19-17-23(20(2)27(19)25-11-7-4-8-12-25)18-26-24-15-13-22(14-16-24)21-9-5-3-6-10-21/h4,7-8,11-18,21H,3,5-6,9-10H2,1-2H3. The summed E-state index contributed by atoms with van der Waals surface area (Å²) < 4.78 is 2.29. The minimum atomic E-state index is 0.751. The van der Waals surface area contributed by atoms with E-state index in [0.717, 1.165) is 11.6 Å². The first-order valence-corrected chi connectivity index (χ1v) is 10.1. The molecule has 2 aromatic carbocycles. The van der Waals surface area contributed by atoms with Crippen molar-refractivity contribution in [2.75, 3.05) is 0 Å². The summed E-state index contributed by atoms with van der Waals surface area (Å²) >= 11 is 0. The van der Waals surface area contributed by atoms with Crippen LogP contribution in [-0.2, 0) is 0 Å². The number of hydrogen-bond acceptors (Lipinski definition) is 1. The quantitative estimate of drug-likeness (QED) is 0.453. The van der Waals surface area contributed by atoms with Gasteiger partial charge in [-0.1, -0.05) is 49.6 Å². The summed E-state index contributed by atoms with van der Waals surface area (Å²) in [5.41, 5.74) is 7.33. The van der Waals surface area contributed by atoms with Crippen LogP contribution in [0, 0.1) is 13.8 Å². The first-order chi connectivity index (χ1) is 13.2. The molecule has 0 atom stereocenters. The highest BCUT2D eigenvalue weighted by atomic mass is 15.0. The van der Waals surface area contributed by atoms with Crippen LogP contribution in [0.3, 0.4) is 0 Å². The number of aryl methyl sites for hydroxylation is 1. The highest BCUT2D eigenvalue weighted by molar-refractivity contribution is 5.84. The summed E-state index contributed by atoms with van der Waals surface area (Å²) in [7, 11) is 0. The van der Waals surface area contributed by atoms with Gasteiger partial charge in [0.25, 0.3) is 0 Å². The largest absolute Gasteiger partial charge is 0.318 e. The van der Waals surface area contributed by atoms with Crippen LogP contribution in [0.15, 0.2) is 65.7 Å². The summed E-state index contributed by atoms with van der Waals surface area (Å²) in [6, 6.07) is 21.6. The smallest absolute Gasteiger partial charge is 0.0630 e. The minimum Gasteiger partial charge on any atom is -0.318 e. The maximum Gasteiger partial charge on any atom is 0.0630 e. The predicted molar refractivity (Wildman–Crippen MR) is 115 cm³/mol. The topological polar surface area (TPSA) is 17.3 Å². The van der Waals surface area contributed by atoms with Crippen LogP contribution in [0.4, 0.5) is 5.69 Å². The lowest BCUT2D eigenvalue weighted by Gasteiger charge is -2.21. The molecule has 0 saturated heterocycles. The third-order valence-corrected chi connectivity index (χ3v) is 5.81. The van der Waals surface area contributed by atoms with Gasteiger partial charge in [0.1, 0.15) is 0 Å². The lowest BCUT2D eigenvalue weighted by atomic mass is 9.84. The van der Waals surface area contributed by atoms with Crippen molar-refractivity contribution in [1.82, 2.24) is 4.57 Å². The Morgan fingerprint density at radius 1 is 0.889 bits per heavy atom. The molecule has 0 bridgehead atoms. The average Bonchev–Trinajstić information content (AvgIpc) is 3.01. The third kappa shape index (κ3) is 3.90. The second-order valence-electron chi connectivity index (χ2n) is 7.68. The molecule has 1 saturated carbocycles. The van der Waals surface area contributed by atoms with Gasteiger partial charge < -0.3 is 4.57 Å². The van der Waals surface area contributed by atoms with Gasteiger partial charge in [-0.05, 0) is 68.5 Å². The van der Waals surface area contributed by atoms with Gasteiger partial charge in [0.05, 0.1) is 5.69 Å². The fourth-order valence-corrected chi connectivity index (χ4v) is 4.31. The van der Waals surface area contributed by atoms with Crippen molar-refractivity contribution in [3.05, 3.63) is 83.2 Å². The van der Waals surface area contributed by atoms with Crippen molar-refractivity contribution in [1.29, 1.82) is 0 Å². The van der Waals surface area contributed by atoms with Crippen molar-refractivity contribution in [2.24, 2.45) is 4.99 Å². The Bertz CT molecular complexity index is 911. The van der Waals surface area contributed by atoms with E-state index in [1.54, 1.807) is 0 Å².